The highest BCUT2D eigenvalue weighted by atomic mass is 16.5. The van der Waals surface area contributed by atoms with Gasteiger partial charge in [-0.05, 0) is 38.3 Å². The van der Waals surface area contributed by atoms with Crippen LogP contribution in [-0.2, 0) is 0 Å². The first-order chi connectivity index (χ1) is 9.01. The summed E-state index contributed by atoms with van der Waals surface area (Å²) in [6.45, 7) is 14.9. The number of hydrogen-bond acceptors (Lipinski definition) is 2. The number of hydrogen-bond donors (Lipinski definition) is 1. The quantitative estimate of drug-likeness (QED) is 0.790. The van der Waals surface area contributed by atoms with E-state index < -0.39 is 0 Å². The average Bonchev–Trinajstić information content (AvgIpc) is 2.37. The van der Waals surface area contributed by atoms with E-state index in [1.165, 1.54) is 11.1 Å². The van der Waals surface area contributed by atoms with Crippen LogP contribution in [0.5, 0.6) is 5.75 Å². The van der Waals surface area contributed by atoms with Crippen molar-refractivity contribution < 1.29 is 4.74 Å². The molecular formula is C17H29NO. The Morgan fingerprint density at radius 3 is 2.37 bits per heavy atom. The lowest BCUT2D eigenvalue weighted by molar-refractivity contribution is 0.287. The molecule has 0 amide bonds. The van der Waals surface area contributed by atoms with Gasteiger partial charge in [0.05, 0.1) is 6.61 Å². The summed E-state index contributed by atoms with van der Waals surface area (Å²) in [5.41, 5.74) is 2.59. The molecule has 0 aliphatic heterocycles. The van der Waals surface area contributed by atoms with Crippen molar-refractivity contribution in [2.45, 2.75) is 47.6 Å². The normalized spacial score (nSPS) is 14.5. The van der Waals surface area contributed by atoms with Crippen LogP contribution in [0.15, 0.2) is 18.2 Å². The molecule has 0 aromatic heterocycles. The molecular weight excluding hydrogens is 234 g/mol. The molecule has 0 bridgehead atoms. The van der Waals surface area contributed by atoms with Crippen LogP contribution in [0.25, 0.3) is 0 Å². The van der Waals surface area contributed by atoms with Gasteiger partial charge in [0.25, 0.3) is 0 Å². The number of rotatable bonds is 7. The Labute approximate surface area is 118 Å². The molecule has 0 aliphatic carbocycles. The molecule has 0 spiro atoms. The Morgan fingerprint density at radius 2 is 1.84 bits per heavy atom. The van der Waals surface area contributed by atoms with Crippen LogP contribution in [0.4, 0.5) is 0 Å². The summed E-state index contributed by atoms with van der Waals surface area (Å²) in [5.74, 6) is 2.23. The molecule has 2 nitrogen and oxygen atoms in total. The van der Waals surface area contributed by atoms with Gasteiger partial charge in [0.1, 0.15) is 5.75 Å². The molecule has 1 rings (SSSR count). The molecule has 108 valence electrons. The molecule has 0 aliphatic rings. The summed E-state index contributed by atoms with van der Waals surface area (Å²) in [6, 6.07) is 6.84. The van der Waals surface area contributed by atoms with E-state index in [-0.39, 0.29) is 0 Å². The van der Waals surface area contributed by atoms with Crippen molar-refractivity contribution in [1.82, 2.24) is 5.32 Å². The highest BCUT2D eigenvalue weighted by Crippen LogP contribution is 2.34. The van der Waals surface area contributed by atoms with Gasteiger partial charge in [-0.3, -0.25) is 0 Å². The van der Waals surface area contributed by atoms with Crippen molar-refractivity contribution in [3.05, 3.63) is 29.3 Å². The summed E-state index contributed by atoms with van der Waals surface area (Å²) >= 11 is 0. The minimum Gasteiger partial charge on any atom is -0.494 e. The third-order valence-corrected chi connectivity index (χ3v) is 3.80. The van der Waals surface area contributed by atoms with Crippen LogP contribution in [-0.4, -0.2) is 13.2 Å². The smallest absolute Gasteiger partial charge is 0.124 e. The third-order valence-electron chi connectivity index (χ3n) is 3.80. The van der Waals surface area contributed by atoms with Crippen LogP contribution in [0, 0.1) is 18.8 Å². The van der Waals surface area contributed by atoms with Gasteiger partial charge in [0.2, 0.25) is 0 Å². The molecule has 0 fully saturated rings. The fourth-order valence-corrected chi connectivity index (χ4v) is 2.38. The lowest BCUT2D eigenvalue weighted by atomic mass is 9.85. The Balaban J connectivity index is 3.15. The predicted molar refractivity (Wildman–Crippen MR) is 82.8 cm³/mol. The van der Waals surface area contributed by atoms with Gasteiger partial charge in [-0.2, -0.15) is 0 Å². The zero-order chi connectivity index (χ0) is 14.4. The summed E-state index contributed by atoms with van der Waals surface area (Å²) in [6.07, 6.45) is 0. The molecule has 1 aromatic rings. The van der Waals surface area contributed by atoms with Crippen LogP contribution in [0.2, 0.25) is 0 Å². The fraction of sp³-hybridized carbons (Fsp3) is 0.647. The van der Waals surface area contributed by atoms with Crippen LogP contribution < -0.4 is 10.1 Å². The number of benzene rings is 1. The Morgan fingerprint density at radius 1 is 1.16 bits per heavy atom. The molecule has 0 saturated heterocycles. The molecule has 1 N–H and O–H groups in total. The van der Waals surface area contributed by atoms with Crippen LogP contribution in [0.1, 0.15) is 51.8 Å². The number of nitrogens with one attached hydrogen (secondary N) is 1. The minimum atomic E-state index is 0.353. The first kappa shape index (κ1) is 16.0. The Hall–Kier alpha value is -1.02. The van der Waals surface area contributed by atoms with Crippen molar-refractivity contribution in [2.75, 3.05) is 13.2 Å². The Kier molecular flexibility index (Phi) is 6.36. The lowest BCUT2D eigenvalue weighted by Gasteiger charge is -2.29. The summed E-state index contributed by atoms with van der Waals surface area (Å²) in [5, 5.41) is 3.63. The largest absolute Gasteiger partial charge is 0.494 e. The van der Waals surface area contributed by atoms with Gasteiger partial charge < -0.3 is 10.1 Å². The first-order valence-electron chi connectivity index (χ1n) is 7.47. The van der Waals surface area contributed by atoms with E-state index >= 15 is 0 Å². The van der Waals surface area contributed by atoms with Crippen LogP contribution >= 0.6 is 0 Å². The second-order valence-corrected chi connectivity index (χ2v) is 5.61. The minimum absolute atomic E-state index is 0.353. The van der Waals surface area contributed by atoms with Crippen LogP contribution in [0.3, 0.4) is 0 Å². The maximum absolute atomic E-state index is 5.81. The second-order valence-electron chi connectivity index (χ2n) is 5.61. The van der Waals surface area contributed by atoms with Gasteiger partial charge in [0, 0.05) is 11.6 Å². The molecule has 1 aromatic carbocycles. The van der Waals surface area contributed by atoms with E-state index in [4.69, 9.17) is 4.74 Å². The zero-order valence-electron chi connectivity index (χ0n) is 13.3. The molecule has 0 saturated carbocycles. The van der Waals surface area contributed by atoms with E-state index in [1.807, 2.05) is 6.92 Å². The molecule has 0 heterocycles. The van der Waals surface area contributed by atoms with E-state index in [9.17, 15) is 0 Å². The van der Waals surface area contributed by atoms with Gasteiger partial charge in [-0.1, -0.05) is 45.4 Å². The number of ether oxygens (including phenoxy) is 1. The Bertz CT molecular complexity index is 387. The lowest BCUT2D eigenvalue weighted by Crippen LogP contribution is -2.30. The number of aryl methyl sites for hydroxylation is 1. The predicted octanol–water partition coefficient (Wildman–Crippen LogP) is 4.34. The molecule has 2 unspecified atom stereocenters. The second kappa shape index (κ2) is 7.54. The molecule has 2 heteroatoms. The zero-order valence-corrected chi connectivity index (χ0v) is 13.3. The maximum atomic E-state index is 5.81. The van der Waals surface area contributed by atoms with E-state index in [2.05, 4.69) is 58.1 Å². The van der Waals surface area contributed by atoms with Crippen molar-refractivity contribution in [3.8, 4) is 5.75 Å². The van der Waals surface area contributed by atoms with Crippen molar-refractivity contribution >= 4 is 0 Å². The van der Waals surface area contributed by atoms with Gasteiger partial charge >= 0.3 is 0 Å². The summed E-state index contributed by atoms with van der Waals surface area (Å²) in [4.78, 5) is 0. The highest BCUT2D eigenvalue weighted by molar-refractivity contribution is 5.39. The first-order valence-corrected chi connectivity index (χ1v) is 7.47. The molecule has 2 atom stereocenters. The SMILES string of the molecule is CCNC(c1cc(C)ccc1OCC)C(C)C(C)C. The third kappa shape index (κ3) is 4.24. The average molecular weight is 263 g/mol. The van der Waals surface area contributed by atoms with E-state index in [0.29, 0.717) is 24.5 Å². The molecule has 19 heavy (non-hydrogen) atoms. The van der Waals surface area contributed by atoms with E-state index in [1.54, 1.807) is 0 Å². The van der Waals surface area contributed by atoms with Crippen molar-refractivity contribution in [2.24, 2.45) is 11.8 Å². The van der Waals surface area contributed by atoms with E-state index in [0.717, 1.165) is 12.3 Å². The van der Waals surface area contributed by atoms with Gasteiger partial charge in [-0.15, -0.1) is 0 Å². The summed E-state index contributed by atoms with van der Waals surface area (Å²) < 4.78 is 5.81. The monoisotopic (exact) mass is 263 g/mol. The topological polar surface area (TPSA) is 21.3 Å². The molecule has 0 radical (unpaired) electrons. The standard InChI is InChI=1S/C17H29NO/c1-7-18-17(14(6)12(3)4)15-11-13(5)9-10-16(15)19-8-2/h9-12,14,17-18H,7-8H2,1-6H3. The maximum Gasteiger partial charge on any atom is 0.124 e. The van der Waals surface area contributed by atoms with Crippen molar-refractivity contribution in [3.63, 3.8) is 0 Å². The van der Waals surface area contributed by atoms with Crippen molar-refractivity contribution in [1.29, 1.82) is 0 Å². The fourth-order valence-electron chi connectivity index (χ4n) is 2.38. The highest BCUT2D eigenvalue weighted by Gasteiger charge is 2.24. The van der Waals surface area contributed by atoms with Gasteiger partial charge in [-0.25, -0.2) is 0 Å². The van der Waals surface area contributed by atoms with Gasteiger partial charge in [0.15, 0.2) is 0 Å². The summed E-state index contributed by atoms with van der Waals surface area (Å²) in [7, 11) is 0.